The molecule has 2 heterocycles. The summed E-state index contributed by atoms with van der Waals surface area (Å²) in [4.78, 5) is 4.54. The summed E-state index contributed by atoms with van der Waals surface area (Å²) >= 11 is 0. The quantitative estimate of drug-likeness (QED) is 0.238. The van der Waals surface area contributed by atoms with Gasteiger partial charge in [0.2, 0.25) is 0 Å². The Morgan fingerprint density at radius 3 is 2.15 bits per heavy atom. The van der Waals surface area contributed by atoms with Crippen molar-refractivity contribution in [3.63, 3.8) is 0 Å². The van der Waals surface area contributed by atoms with Crippen molar-refractivity contribution < 1.29 is 4.42 Å². The minimum Gasteiger partial charge on any atom is -0.456 e. The third-order valence-corrected chi connectivity index (χ3v) is 8.27. The monoisotopic (exact) mass is 495 g/mol. The molecule has 0 bridgehead atoms. The van der Waals surface area contributed by atoms with Crippen molar-refractivity contribution in [2.24, 2.45) is 0 Å². The molecule has 0 N–H and O–H groups in total. The lowest BCUT2D eigenvalue weighted by Crippen LogP contribution is -1.86. The average Bonchev–Trinajstić information content (AvgIpc) is 3.54. The zero-order valence-corrected chi connectivity index (χ0v) is 21.0. The first-order valence-corrected chi connectivity index (χ1v) is 13.3. The molecule has 6 aromatic carbocycles. The van der Waals surface area contributed by atoms with Gasteiger partial charge in [-0.3, -0.25) is 4.98 Å². The van der Waals surface area contributed by atoms with Crippen LogP contribution < -0.4 is 0 Å². The number of benzene rings is 6. The summed E-state index contributed by atoms with van der Waals surface area (Å²) in [7, 11) is 0. The van der Waals surface area contributed by atoms with Crippen LogP contribution in [0.4, 0.5) is 0 Å². The maximum Gasteiger partial charge on any atom is 0.136 e. The second kappa shape index (κ2) is 7.66. The second-order valence-electron chi connectivity index (χ2n) is 10.3. The van der Waals surface area contributed by atoms with E-state index in [0.717, 1.165) is 22.1 Å². The van der Waals surface area contributed by atoms with Crippen LogP contribution in [-0.4, -0.2) is 4.98 Å². The van der Waals surface area contributed by atoms with Gasteiger partial charge in [-0.25, -0.2) is 0 Å². The molecule has 0 saturated carbocycles. The van der Waals surface area contributed by atoms with E-state index in [4.69, 9.17) is 4.42 Å². The van der Waals surface area contributed by atoms with Crippen molar-refractivity contribution >= 4 is 43.6 Å². The van der Waals surface area contributed by atoms with Crippen molar-refractivity contribution in [3.05, 3.63) is 128 Å². The van der Waals surface area contributed by atoms with Gasteiger partial charge in [0.15, 0.2) is 0 Å². The highest BCUT2D eigenvalue weighted by Gasteiger charge is 2.27. The number of rotatable bonds is 2. The number of furan rings is 1. The minimum absolute atomic E-state index is 0.931. The average molecular weight is 496 g/mol. The lowest BCUT2D eigenvalue weighted by Gasteiger charge is -2.11. The van der Waals surface area contributed by atoms with Crippen molar-refractivity contribution in [1.29, 1.82) is 0 Å². The Morgan fingerprint density at radius 1 is 0.462 bits per heavy atom. The maximum atomic E-state index is 6.44. The summed E-state index contributed by atoms with van der Waals surface area (Å²) in [5.74, 6) is 0. The Hall–Kier alpha value is -5.21. The minimum atomic E-state index is 0.931. The van der Waals surface area contributed by atoms with Crippen LogP contribution >= 0.6 is 0 Å². The number of aromatic nitrogens is 1. The number of fused-ring (bicyclic) bond motifs is 8. The molecule has 0 aliphatic heterocycles. The van der Waals surface area contributed by atoms with E-state index in [1.54, 1.807) is 0 Å². The number of pyridine rings is 1. The Bertz CT molecular complexity index is 2270. The van der Waals surface area contributed by atoms with Crippen molar-refractivity contribution in [2.75, 3.05) is 0 Å². The number of hydrogen-bond donors (Lipinski definition) is 0. The fourth-order valence-electron chi connectivity index (χ4n) is 6.49. The highest BCUT2D eigenvalue weighted by Crippen LogP contribution is 2.53. The topological polar surface area (TPSA) is 26.0 Å². The standard InChI is InChI=1S/C37H21NO/c1-2-8-28-27(7-1)29-18-17-26(31-21-34-36(37(28)35(29)31)30-9-3-4-10-33(30)39-34)23-13-11-22(12-14-23)25-16-15-24-6-5-19-38-32(24)20-25/h1-21H. The fraction of sp³-hybridized carbons (Fsp3) is 0. The van der Waals surface area contributed by atoms with E-state index in [9.17, 15) is 0 Å². The fourth-order valence-corrected chi connectivity index (χ4v) is 6.49. The molecule has 0 spiro atoms. The lowest BCUT2D eigenvalue weighted by molar-refractivity contribution is 0.669. The van der Waals surface area contributed by atoms with Gasteiger partial charge in [0.05, 0.1) is 5.52 Å². The van der Waals surface area contributed by atoms with Gasteiger partial charge >= 0.3 is 0 Å². The van der Waals surface area contributed by atoms with Crippen LogP contribution in [0.2, 0.25) is 0 Å². The van der Waals surface area contributed by atoms with Gasteiger partial charge in [0.1, 0.15) is 11.2 Å². The number of hydrogen-bond acceptors (Lipinski definition) is 2. The highest BCUT2D eigenvalue weighted by molar-refractivity contribution is 6.29. The van der Waals surface area contributed by atoms with Gasteiger partial charge in [-0.15, -0.1) is 0 Å². The third-order valence-electron chi connectivity index (χ3n) is 8.27. The summed E-state index contributed by atoms with van der Waals surface area (Å²) in [5, 5.41) is 6.09. The molecule has 2 nitrogen and oxygen atoms in total. The molecular formula is C37H21NO. The Labute approximate surface area is 224 Å². The van der Waals surface area contributed by atoms with E-state index in [0.29, 0.717) is 0 Å². The summed E-state index contributed by atoms with van der Waals surface area (Å²) < 4.78 is 6.44. The van der Waals surface area contributed by atoms with Crippen LogP contribution in [0.1, 0.15) is 0 Å². The normalized spacial score (nSPS) is 12.1. The Kier molecular flexibility index (Phi) is 4.08. The predicted molar refractivity (Wildman–Crippen MR) is 162 cm³/mol. The van der Waals surface area contributed by atoms with E-state index < -0.39 is 0 Å². The SMILES string of the molecule is c1ccc2c(c1)-c1ccc(-c3ccc(-c4ccc5cccnc5c4)cc3)c3cc4oc5ccccc5c4c-2c13. The van der Waals surface area contributed by atoms with Gasteiger partial charge < -0.3 is 4.42 Å². The molecule has 0 atom stereocenters. The van der Waals surface area contributed by atoms with Crippen molar-refractivity contribution in [2.45, 2.75) is 0 Å². The molecule has 0 unspecified atom stereocenters. The van der Waals surface area contributed by atoms with E-state index >= 15 is 0 Å². The molecule has 180 valence electrons. The van der Waals surface area contributed by atoms with Gasteiger partial charge in [0, 0.05) is 27.9 Å². The second-order valence-corrected chi connectivity index (χ2v) is 10.3. The number of nitrogens with zero attached hydrogens (tertiary/aromatic N) is 1. The van der Waals surface area contributed by atoms with Crippen molar-refractivity contribution in [3.8, 4) is 44.5 Å². The van der Waals surface area contributed by atoms with E-state index in [1.165, 1.54) is 66.1 Å². The van der Waals surface area contributed by atoms with Gasteiger partial charge in [-0.1, -0.05) is 97.1 Å². The van der Waals surface area contributed by atoms with E-state index in [2.05, 4.69) is 114 Å². The molecule has 0 saturated heterocycles. The molecular weight excluding hydrogens is 474 g/mol. The van der Waals surface area contributed by atoms with Crippen molar-refractivity contribution in [1.82, 2.24) is 4.98 Å². The number of para-hydroxylation sites is 1. The van der Waals surface area contributed by atoms with Crippen LogP contribution in [0.3, 0.4) is 0 Å². The van der Waals surface area contributed by atoms with Gasteiger partial charge in [-0.05, 0) is 74.0 Å². The first kappa shape index (κ1) is 20.8. The molecule has 9 rings (SSSR count). The molecule has 0 amide bonds. The van der Waals surface area contributed by atoms with Crippen LogP contribution in [0.5, 0.6) is 0 Å². The molecule has 2 aromatic heterocycles. The molecule has 1 aliphatic rings. The van der Waals surface area contributed by atoms with Gasteiger partial charge in [-0.2, -0.15) is 0 Å². The maximum absolute atomic E-state index is 6.44. The zero-order chi connectivity index (χ0) is 25.5. The Morgan fingerprint density at radius 2 is 1.23 bits per heavy atom. The van der Waals surface area contributed by atoms with E-state index in [1.807, 2.05) is 18.3 Å². The molecule has 8 aromatic rings. The lowest BCUT2D eigenvalue weighted by atomic mass is 9.91. The van der Waals surface area contributed by atoms with Crippen LogP contribution in [0.15, 0.2) is 132 Å². The molecule has 2 heteroatoms. The van der Waals surface area contributed by atoms with E-state index in [-0.39, 0.29) is 0 Å². The molecule has 0 fully saturated rings. The largest absolute Gasteiger partial charge is 0.456 e. The first-order chi connectivity index (χ1) is 19.3. The smallest absolute Gasteiger partial charge is 0.136 e. The summed E-state index contributed by atoms with van der Waals surface area (Å²) in [6.07, 6.45) is 1.85. The van der Waals surface area contributed by atoms with Crippen LogP contribution in [0.25, 0.3) is 88.1 Å². The zero-order valence-electron chi connectivity index (χ0n) is 21.0. The Balaban J connectivity index is 1.28. The molecule has 39 heavy (non-hydrogen) atoms. The van der Waals surface area contributed by atoms with Crippen LogP contribution in [-0.2, 0) is 0 Å². The van der Waals surface area contributed by atoms with Gasteiger partial charge in [0.25, 0.3) is 0 Å². The molecule has 0 radical (unpaired) electrons. The first-order valence-electron chi connectivity index (χ1n) is 13.3. The third kappa shape index (κ3) is 2.89. The molecule has 1 aliphatic carbocycles. The highest BCUT2D eigenvalue weighted by atomic mass is 16.3. The summed E-state index contributed by atoms with van der Waals surface area (Å²) in [6.45, 7) is 0. The summed E-state index contributed by atoms with van der Waals surface area (Å²) in [6, 6.07) is 43.4. The van der Waals surface area contributed by atoms with Crippen LogP contribution in [0, 0.1) is 0 Å². The summed E-state index contributed by atoms with van der Waals surface area (Å²) in [5.41, 5.74) is 12.8. The predicted octanol–water partition coefficient (Wildman–Crippen LogP) is 10.3.